The molecular formula is C62H109NO10. The normalized spacial score (nSPS) is 19.9. The number of aliphatic hydroxyl groups is 5. The van der Waals surface area contributed by atoms with Gasteiger partial charge in [0.15, 0.2) is 12.4 Å². The molecule has 1 fully saturated rings. The zero-order chi connectivity index (χ0) is 53.3. The van der Waals surface area contributed by atoms with Gasteiger partial charge in [0.25, 0.3) is 0 Å². The molecule has 0 saturated carbocycles. The van der Waals surface area contributed by atoms with E-state index in [9.17, 15) is 35.1 Å². The number of allylic oxidation sites excluding steroid dienone is 11. The fraction of sp³-hybridized carbons (Fsp3) is 0.774. The second kappa shape index (κ2) is 49.9. The van der Waals surface area contributed by atoms with E-state index in [1.807, 2.05) is 6.08 Å². The maximum absolute atomic E-state index is 13.4. The van der Waals surface area contributed by atoms with Gasteiger partial charge in [-0.25, -0.2) is 0 Å². The van der Waals surface area contributed by atoms with Crippen molar-refractivity contribution in [3.05, 3.63) is 72.9 Å². The molecule has 1 saturated heterocycles. The molecule has 0 aromatic rings. The van der Waals surface area contributed by atoms with Crippen LogP contribution in [0.1, 0.15) is 245 Å². The number of unbranched alkanes of at least 4 members (excludes halogenated alkanes) is 25. The molecule has 6 N–H and O–H groups in total. The molecular weight excluding hydrogens is 919 g/mol. The van der Waals surface area contributed by atoms with Crippen LogP contribution in [-0.2, 0) is 23.8 Å². The SMILES string of the molecule is CC/C=C/C/C=C/CCCCCCCCCC(=O)OC1C(OCC(NC(=O)C(O)CCCCCCC/C=C\C/C=C\C/C=C\CCCCC)C(O)/C=C/CCCCCCCCCCCC)OC(CO)C(O)C1O. The van der Waals surface area contributed by atoms with Crippen molar-refractivity contribution in [2.45, 2.75) is 294 Å². The van der Waals surface area contributed by atoms with Gasteiger partial charge in [-0.2, -0.15) is 0 Å². The van der Waals surface area contributed by atoms with Gasteiger partial charge < -0.3 is 45.1 Å². The van der Waals surface area contributed by atoms with E-state index >= 15 is 0 Å². The first-order valence-corrected chi connectivity index (χ1v) is 29.7. The topological polar surface area (TPSA) is 175 Å². The van der Waals surface area contributed by atoms with Gasteiger partial charge in [-0.15, -0.1) is 0 Å². The van der Waals surface area contributed by atoms with E-state index in [4.69, 9.17) is 14.2 Å². The smallest absolute Gasteiger partial charge is 0.306 e. The van der Waals surface area contributed by atoms with Crippen molar-refractivity contribution in [2.75, 3.05) is 13.2 Å². The van der Waals surface area contributed by atoms with E-state index < -0.39 is 67.4 Å². The van der Waals surface area contributed by atoms with Gasteiger partial charge in [-0.1, -0.05) is 222 Å². The van der Waals surface area contributed by atoms with Crippen molar-refractivity contribution in [3.8, 4) is 0 Å². The minimum absolute atomic E-state index is 0.110. The molecule has 0 radical (unpaired) electrons. The third-order valence-electron chi connectivity index (χ3n) is 13.6. The van der Waals surface area contributed by atoms with Gasteiger partial charge in [0, 0.05) is 6.42 Å². The van der Waals surface area contributed by atoms with E-state index in [1.54, 1.807) is 6.08 Å². The highest BCUT2D eigenvalue weighted by molar-refractivity contribution is 5.80. The van der Waals surface area contributed by atoms with Gasteiger partial charge in [-0.05, 0) is 89.9 Å². The van der Waals surface area contributed by atoms with Crippen molar-refractivity contribution in [3.63, 3.8) is 0 Å². The Morgan fingerprint density at radius 3 is 1.51 bits per heavy atom. The third-order valence-corrected chi connectivity index (χ3v) is 13.6. The van der Waals surface area contributed by atoms with Crippen LogP contribution in [0.4, 0.5) is 0 Å². The van der Waals surface area contributed by atoms with Crippen LogP contribution in [0.15, 0.2) is 72.9 Å². The number of amides is 1. The Morgan fingerprint density at radius 2 is 0.986 bits per heavy atom. The maximum Gasteiger partial charge on any atom is 0.306 e. The van der Waals surface area contributed by atoms with Crippen LogP contribution >= 0.6 is 0 Å². The second-order valence-corrected chi connectivity index (χ2v) is 20.3. The van der Waals surface area contributed by atoms with Gasteiger partial charge in [0.2, 0.25) is 5.91 Å². The predicted octanol–water partition coefficient (Wildman–Crippen LogP) is 13.6. The molecule has 8 unspecified atom stereocenters. The number of rotatable bonds is 49. The number of nitrogens with one attached hydrogen (secondary N) is 1. The molecule has 1 aliphatic heterocycles. The van der Waals surface area contributed by atoms with Gasteiger partial charge in [0.05, 0.1) is 25.4 Å². The summed E-state index contributed by atoms with van der Waals surface area (Å²) in [4.78, 5) is 26.5. The minimum atomic E-state index is -1.62. The zero-order valence-corrected chi connectivity index (χ0v) is 46.5. The first-order chi connectivity index (χ1) is 35.7. The van der Waals surface area contributed by atoms with E-state index in [2.05, 4.69) is 86.8 Å². The summed E-state index contributed by atoms with van der Waals surface area (Å²) < 4.78 is 17.6. The lowest BCUT2D eigenvalue weighted by Gasteiger charge is -2.41. The summed E-state index contributed by atoms with van der Waals surface area (Å²) in [6.45, 7) is 5.63. The summed E-state index contributed by atoms with van der Waals surface area (Å²) in [5.74, 6) is -1.22. The minimum Gasteiger partial charge on any atom is -0.454 e. The van der Waals surface area contributed by atoms with Crippen molar-refractivity contribution in [1.29, 1.82) is 0 Å². The van der Waals surface area contributed by atoms with E-state index in [0.717, 1.165) is 109 Å². The Balaban J connectivity index is 2.73. The predicted molar refractivity (Wildman–Crippen MR) is 301 cm³/mol. The number of aliphatic hydroxyl groups excluding tert-OH is 5. The highest BCUT2D eigenvalue weighted by Crippen LogP contribution is 2.26. The Hall–Kier alpha value is -2.90. The van der Waals surface area contributed by atoms with Crippen molar-refractivity contribution in [1.82, 2.24) is 5.32 Å². The van der Waals surface area contributed by atoms with Crippen LogP contribution in [0.3, 0.4) is 0 Å². The van der Waals surface area contributed by atoms with Crippen LogP contribution in [0, 0.1) is 0 Å². The van der Waals surface area contributed by atoms with Crippen molar-refractivity contribution in [2.24, 2.45) is 0 Å². The third kappa shape index (κ3) is 38.3. The average molecular weight is 1030 g/mol. The summed E-state index contributed by atoms with van der Waals surface area (Å²) in [7, 11) is 0. The molecule has 73 heavy (non-hydrogen) atoms. The molecule has 0 aromatic heterocycles. The number of esters is 1. The Labute approximate surface area is 445 Å². The Bertz CT molecular complexity index is 1460. The number of carbonyl (C=O) groups is 2. The lowest BCUT2D eigenvalue weighted by atomic mass is 9.99. The van der Waals surface area contributed by atoms with Crippen LogP contribution < -0.4 is 5.32 Å². The van der Waals surface area contributed by atoms with Crippen LogP contribution in [-0.4, -0.2) is 99.6 Å². The Kier molecular flexibility index (Phi) is 46.6. The molecule has 1 heterocycles. The van der Waals surface area contributed by atoms with Gasteiger partial charge in [-0.3, -0.25) is 9.59 Å². The second-order valence-electron chi connectivity index (χ2n) is 20.3. The first kappa shape index (κ1) is 68.1. The van der Waals surface area contributed by atoms with Crippen molar-refractivity contribution < 1.29 is 49.3 Å². The molecule has 11 nitrogen and oxygen atoms in total. The lowest BCUT2D eigenvalue weighted by molar-refractivity contribution is -0.305. The average Bonchev–Trinajstić information content (AvgIpc) is 3.39. The van der Waals surface area contributed by atoms with E-state index in [1.165, 1.54) is 89.9 Å². The van der Waals surface area contributed by atoms with Crippen LogP contribution in [0.2, 0.25) is 0 Å². The highest BCUT2D eigenvalue weighted by atomic mass is 16.7. The highest BCUT2D eigenvalue weighted by Gasteiger charge is 2.47. The summed E-state index contributed by atoms with van der Waals surface area (Å²) in [6.07, 6.45) is 52.2. The quantitative estimate of drug-likeness (QED) is 0.0195. The lowest BCUT2D eigenvalue weighted by Crippen LogP contribution is -2.61. The fourth-order valence-corrected chi connectivity index (χ4v) is 8.87. The molecule has 1 rings (SSSR count). The molecule has 1 amide bonds. The molecule has 422 valence electrons. The number of carbonyl (C=O) groups excluding carboxylic acids is 2. The van der Waals surface area contributed by atoms with Gasteiger partial charge in [0.1, 0.15) is 24.4 Å². The summed E-state index contributed by atoms with van der Waals surface area (Å²) in [5.41, 5.74) is 0. The van der Waals surface area contributed by atoms with Crippen LogP contribution in [0.25, 0.3) is 0 Å². The summed E-state index contributed by atoms with van der Waals surface area (Å²) in [6, 6.07) is -1.03. The number of hydrogen-bond acceptors (Lipinski definition) is 10. The van der Waals surface area contributed by atoms with E-state index in [-0.39, 0.29) is 19.4 Å². The summed E-state index contributed by atoms with van der Waals surface area (Å²) in [5, 5.41) is 56.9. The molecule has 8 atom stereocenters. The monoisotopic (exact) mass is 1030 g/mol. The first-order valence-electron chi connectivity index (χ1n) is 29.7. The molecule has 1 aliphatic rings. The summed E-state index contributed by atoms with van der Waals surface area (Å²) >= 11 is 0. The number of hydrogen-bond donors (Lipinski definition) is 6. The zero-order valence-electron chi connectivity index (χ0n) is 46.5. The molecule has 0 bridgehead atoms. The standard InChI is InChI=1S/C62H109NO10/c1-4-7-10-13-16-19-22-25-27-28-29-30-31-34-37-40-43-46-49-55(66)61(70)63-53(54(65)48-45-42-39-36-33-24-21-18-15-12-9-6-3)52-71-62-60(59(69)58(68)56(51-64)72-62)73-57(67)50-47-44-41-38-35-32-26-23-20-17-14-11-8-5-2/h8,11,16-17,19-20,25,27,29-30,45,48,53-56,58-60,62,64-66,68-69H,4-7,9-10,12-15,18,21-24,26,28,31-44,46-47,49-52H2,1-3H3,(H,63,70)/b11-8+,19-16-,20-17+,27-25-,30-29-,48-45+. The molecule has 11 heteroatoms. The van der Waals surface area contributed by atoms with Crippen molar-refractivity contribution >= 4 is 11.9 Å². The molecule has 0 aliphatic carbocycles. The number of ether oxygens (including phenoxy) is 3. The molecule has 0 spiro atoms. The Morgan fingerprint density at radius 1 is 0.548 bits per heavy atom. The van der Waals surface area contributed by atoms with E-state index in [0.29, 0.717) is 12.8 Å². The van der Waals surface area contributed by atoms with Gasteiger partial charge >= 0.3 is 5.97 Å². The fourth-order valence-electron chi connectivity index (χ4n) is 8.87. The largest absolute Gasteiger partial charge is 0.454 e. The van der Waals surface area contributed by atoms with Crippen LogP contribution in [0.5, 0.6) is 0 Å². The molecule has 0 aromatic carbocycles. The maximum atomic E-state index is 13.4.